The van der Waals surface area contributed by atoms with Gasteiger partial charge >= 0.3 is 0 Å². The Morgan fingerprint density at radius 3 is 2.67 bits per heavy atom. The van der Waals surface area contributed by atoms with Crippen LogP contribution in [-0.2, 0) is 20.1 Å². The Labute approximate surface area is 178 Å². The maximum Gasteiger partial charge on any atom is 0.193 e. The van der Waals surface area contributed by atoms with Crippen LogP contribution < -0.4 is 10.1 Å². The molecule has 27 heavy (non-hydrogen) atoms. The molecular formula is C19H30IN5O2. The zero-order valence-electron chi connectivity index (χ0n) is 16.9. The van der Waals surface area contributed by atoms with Crippen LogP contribution >= 0.6 is 24.0 Å². The highest BCUT2D eigenvalue weighted by Gasteiger charge is 2.15. The monoisotopic (exact) mass is 487 g/mol. The molecule has 0 fully saturated rings. The maximum atomic E-state index is 10.0. The van der Waals surface area contributed by atoms with Gasteiger partial charge in [-0.25, -0.2) is 0 Å². The molecule has 2 aromatic rings. The van der Waals surface area contributed by atoms with Crippen molar-refractivity contribution >= 4 is 29.9 Å². The number of nitrogens with one attached hydrogen (secondary N) is 1. The van der Waals surface area contributed by atoms with Crippen LogP contribution in [0, 0.1) is 0 Å². The number of methoxy groups -OCH3 is 1. The molecule has 0 aliphatic heterocycles. The first-order valence-electron chi connectivity index (χ1n) is 8.65. The highest BCUT2D eigenvalue weighted by molar-refractivity contribution is 14.0. The minimum atomic E-state index is 0. The lowest BCUT2D eigenvalue weighted by molar-refractivity contribution is 0.410. The first-order valence-corrected chi connectivity index (χ1v) is 8.65. The minimum Gasteiger partial charge on any atom is -0.508 e. The third-order valence-corrected chi connectivity index (χ3v) is 4.19. The molecule has 2 rings (SSSR count). The predicted octanol–water partition coefficient (Wildman–Crippen LogP) is 3.08. The van der Waals surface area contributed by atoms with Crippen molar-refractivity contribution in [3.05, 3.63) is 41.2 Å². The Morgan fingerprint density at radius 2 is 2.07 bits per heavy atom. The van der Waals surface area contributed by atoms with Gasteiger partial charge in [-0.05, 0) is 24.1 Å². The van der Waals surface area contributed by atoms with Gasteiger partial charge in [-0.15, -0.1) is 24.0 Å². The summed E-state index contributed by atoms with van der Waals surface area (Å²) in [5, 5.41) is 17.9. The van der Waals surface area contributed by atoms with E-state index < -0.39 is 0 Å². The van der Waals surface area contributed by atoms with Crippen molar-refractivity contribution in [3.8, 4) is 11.5 Å². The third-order valence-electron chi connectivity index (χ3n) is 4.19. The van der Waals surface area contributed by atoms with Crippen molar-refractivity contribution in [1.29, 1.82) is 0 Å². The molecule has 0 aliphatic carbocycles. The van der Waals surface area contributed by atoms with E-state index in [0.29, 0.717) is 24.8 Å². The lowest BCUT2D eigenvalue weighted by atomic mass is 10.1. The summed E-state index contributed by atoms with van der Waals surface area (Å²) >= 11 is 0. The second kappa shape index (κ2) is 10.4. The van der Waals surface area contributed by atoms with E-state index in [1.165, 1.54) is 5.56 Å². The number of ether oxygens (including phenoxy) is 1. The van der Waals surface area contributed by atoms with Crippen molar-refractivity contribution < 1.29 is 9.84 Å². The molecule has 0 saturated carbocycles. The molecule has 0 bridgehead atoms. The van der Waals surface area contributed by atoms with Crippen molar-refractivity contribution in [2.45, 2.75) is 32.9 Å². The second-order valence-corrected chi connectivity index (χ2v) is 6.62. The number of aromatic hydroxyl groups is 1. The molecule has 0 amide bonds. The Hall–Kier alpha value is -1.97. The Balaban J connectivity index is 0.00000364. The number of hydrogen-bond acceptors (Lipinski definition) is 4. The third kappa shape index (κ3) is 6.02. The molecule has 0 unspecified atom stereocenters. The number of guanidine groups is 1. The van der Waals surface area contributed by atoms with Gasteiger partial charge in [0.05, 0.1) is 12.8 Å². The van der Waals surface area contributed by atoms with Gasteiger partial charge in [-0.2, -0.15) is 5.10 Å². The highest BCUT2D eigenvalue weighted by Crippen LogP contribution is 2.23. The molecule has 1 aromatic heterocycles. The van der Waals surface area contributed by atoms with Gasteiger partial charge in [0.25, 0.3) is 0 Å². The Morgan fingerprint density at radius 1 is 1.37 bits per heavy atom. The molecule has 1 aromatic carbocycles. The van der Waals surface area contributed by atoms with Crippen LogP contribution in [0.3, 0.4) is 0 Å². The highest BCUT2D eigenvalue weighted by atomic mass is 127. The normalized spacial score (nSPS) is 11.3. The van der Waals surface area contributed by atoms with Crippen molar-refractivity contribution in [2.24, 2.45) is 12.0 Å². The number of phenols is 1. The van der Waals surface area contributed by atoms with E-state index in [1.54, 1.807) is 26.3 Å². The minimum absolute atomic E-state index is 0. The van der Waals surface area contributed by atoms with Gasteiger partial charge in [-0.1, -0.05) is 13.8 Å². The fourth-order valence-corrected chi connectivity index (χ4v) is 2.88. The van der Waals surface area contributed by atoms with E-state index in [2.05, 4.69) is 29.3 Å². The largest absolute Gasteiger partial charge is 0.508 e. The zero-order chi connectivity index (χ0) is 19.3. The number of aliphatic imine (C=N–C) groups is 1. The standard InChI is InChI=1S/C19H29N5O2.HI/c1-13(2)18-15(12-24(5)22-18)11-23(4)19(20-3)21-10-14-9-16(26-6)7-8-17(14)25;/h7-9,12-13,25H,10-11H2,1-6H3,(H,20,21);1H. The van der Waals surface area contributed by atoms with Crippen LogP contribution in [0.4, 0.5) is 0 Å². The van der Waals surface area contributed by atoms with E-state index in [9.17, 15) is 5.11 Å². The number of nitrogens with zero attached hydrogens (tertiary/aromatic N) is 4. The van der Waals surface area contributed by atoms with Gasteiger partial charge in [0.1, 0.15) is 11.5 Å². The second-order valence-electron chi connectivity index (χ2n) is 6.62. The average molecular weight is 487 g/mol. The summed E-state index contributed by atoms with van der Waals surface area (Å²) in [6.45, 7) is 5.43. The summed E-state index contributed by atoms with van der Waals surface area (Å²) in [5.74, 6) is 2.04. The molecule has 0 atom stereocenters. The molecule has 1 heterocycles. The molecule has 0 saturated heterocycles. The molecule has 0 radical (unpaired) electrons. The SMILES string of the molecule is CN=C(NCc1cc(OC)ccc1O)N(C)Cc1cn(C)nc1C(C)C.I. The number of hydrogen-bond donors (Lipinski definition) is 2. The summed E-state index contributed by atoms with van der Waals surface area (Å²) in [4.78, 5) is 6.39. The molecular weight excluding hydrogens is 457 g/mol. The van der Waals surface area contributed by atoms with Crippen LogP contribution in [0.5, 0.6) is 11.5 Å². The lowest BCUT2D eigenvalue weighted by Gasteiger charge is -2.22. The average Bonchev–Trinajstić information content (AvgIpc) is 2.97. The fourth-order valence-electron chi connectivity index (χ4n) is 2.88. The molecule has 8 heteroatoms. The summed E-state index contributed by atoms with van der Waals surface area (Å²) < 4.78 is 7.07. The first kappa shape index (κ1) is 23.1. The van der Waals surface area contributed by atoms with Crippen molar-refractivity contribution in [1.82, 2.24) is 20.0 Å². The maximum absolute atomic E-state index is 10.0. The zero-order valence-corrected chi connectivity index (χ0v) is 19.2. The summed E-state index contributed by atoms with van der Waals surface area (Å²) in [6, 6.07) is 5.18. The molecule has 7 nitrogen and oxygen atoms in total. The summed E-state index contributed by atoms with van der Waals surface area (Å²) in [5.41, 5.74) is 3.03. The smallest absolute Gasteiger partial charge is 0.193 e. The van der Waals surface area contributed by atoms with E-state index in [4.69, 9.17) is 4.74 Å². The van der Waals surface area contributed by atoms with E-state index >= 15 is 0 Å². The van der Waals surface area contributed by atoms with Crippen LogP contribution in [0.2, 0.25) is 0 Å². The Bertz CT molecular complexity index is 773. The topological polar surface area (TPSA) is 74.9 Å². The lowest BCUT2D eigenvalue weighted by Crippen LogP contribution is -2.38. The first-order chi connectivity index (χ1) is 12.3. The molecule has 0 spiro atoms. The van der Waals surface area contributed by atoms with Crippen LogP contribution in [0.25, 0.3) is 0 Å². The Kier molecular flexibility index (Phi) is 8.87. The predicted molar refractivity (Wildman–Crippen MR) is 119 cm³/mol. The number of aromatic nitrogens is 2. The van der Waals surface area contributed by atoms with Crippen LogP contribution in [0.1, 0.15) is 36.6 Å². The van der Waals surface area contributed by atoms with Gasteiger partial charge in [-0.3, -0.25) is 9.67 Å². The number of aryl methyl sites for hydroxylation is 1. The van der Waals surface area contributed by atoms with E-state index in [1.807, 2.05) is 35.9 Å². The van der Waals surface area contributed by atoms with Crippen LogP contribution in [0.15, 0.2) is 29.4 Å². The van der Waals surface area contributed by atoms with Crippen LogP contribution in [-0.4, -0.2) is 47.0 Å². The number of phenolic OH excluding ortho intramolecular Hbond substituents is 1. The van der Waals surface area contributed by atoms with E-state index in [-0.39, 0.29) is 29.7 Å². The van der Waals surface area contributed by atoms with Gasteiger partial charge < -0.3 is 20.1 Å². The molecule has 150 valence electrons. The quantitative estimate of drug-likeness (QED) is 0.372. The number of benzene rings is 1. The summed E-state index contributed by atoms with van der Waals surface area (Å²) in [6.07, 6.45) is 2.05. The number of rotatable bonds is 6. The van der Waals surface area contributed by atoms with Gasteiger partial charge in [0.15, 0.2) is 5.96 Å². The summed E-state index contributed by atoms with van der Waals surface area (Å²) in [7, 11) is 7.28. The number of halogens is 1. The fraction of sp³-hybridized carbons (Fsp3) is 0.474. The van der Waals surface area contributed by atoms with Gasteiger partial charge in [0.2, 0.25) is 0 Å². The van der Waals surface area contributed by atoms with Gasteiger partial charge in [0, 0.05) is 51.6 Å². The van der Waals surface area contributed by atoms with Crippen molar-refractivity contribution in [3.63, 3.8) is 0 Å². The molecule has 2 N–H and O–H groups in total. The molecule has 0 aliphatic rings. The van der Waals surface area contributed by atoms with Crippen molar-refractivity contribution in [2.75, 3.05) is 21.2 Å². The van der Waals surface area contributed by atoms with E-state index in [0.717, 1.165) is 17.2 Å².